The van der Waals surface area contributed by atoms with Crippen LogP contribution in [0.25, 0.3) is 0 Å². The first kappa shape index (κ1) is 12.3. The highest BCUT2D eigenvalue weighted by molar-refractivity contribution is 7.99. The Balaban J connectivity index is 1.52. The molecule has 0 aromatic heterocycles. The second kappa shape index (κ2) is 5.47. The van der Waals surface area contributed by atoms with Crippen LogP contribution in [-0.2, 0) is 0 Å². The standard InChI is InChI=1S/C13H25N3S/c14-9-13(11-3-8-17-10-11)16-6-4-15(5-7-16)12-1-2-12/h11-13H,1-10,14H2. The maximum Gasteiger partial charge on any atom is 0.0255 e. The normalized spacial score (nSPS) is 34.1. The van der Waals surface area contributed by atoms with E-state index in [1.807, 2.05) is 0 Å². The van der Waals surface area contributed by atoms with Crippen LogP contribution in [0.1, 0.15) is 19.3 Å². The Morgan fingerprint density at radius 2 is 1.88 bits per heavy atom. The molecule has 0 amide bonds. The van der Waals surface area contributed by atoms with Crippen molar-refractivity contribution in [2.75, 3.05) is 44.2 Å². The maximum atomic E-state index is 6.03. The van der Waals surface area contributed by atoms with Gasteiger partial charge in [0.1, 0.15) is 0 Å². The molecule has 3 nitrogen and oxygen atoms in total. The summed E-state index contributed by atoms with van der Waals surface area (Å²) in [6, 6.07) is 1.60. The molecule has 4 heteroatoms. The van der Waals surface area contributed by atoms with Crippen molar-refractivity contribution in [2.24, 2.45) is 11.7 Å². The van der Waals surface area contributed by atoms with Crippen LogP contribution in [-0.4, -0.2) is 66.1 Å². The van der Waals surface area contributed by atoms with Crippen molar-refractivity contribution in [2.45, 2.75) is 31.3 Å². The van der Waals surface area contributed by atoms with Crippen molar-refractivity contribution in [1.29, 1.82) is 0 Å². The maximum absolute atomic E-state index is 6.03. The summed E-state index contributed by atoms with van der Waals surface area (Å²) >= 11 is 2.11. The van der Waals surface area contributed by atoms with Gasteiger partial charge in [-0.25, -0.2) is 0 Å². The number of piperazine rings is 1. The van der Waals surface area contributed by atoms with Crippen molar-refractivity contribution < 1.29 is 0 Å². The van der Waals surface area contributed by atoms with Gasteiger partial charge in [-0.15, -0.1) is 0 Å². The summed E-state index contributed by atoms with van der Waals surface area (Å²) in [6.07, 6.45) is 4.27. The van der Waals surface area contributed by atoms with Crippen LogP contribution in [0.3, 0.4) is 0 Å². The first-order valence-electron chi connectivity index (χ1n) is 7.14. The average Bonchev–Trinajstić information content (AvgIpc) is 3.09. The number of nitrogens with zero attached hydrogens (tertiary/aromatic N) is 2. The molecule has 98 valence electrons. The molecule has 3 fully saturated rings. The fraction of sp³-hybridized carbons (Fsp3) is 1.00. The van der Waals surface area contributed by atoms with E-state index in [9.17, 15) is 0 Å². The summed E-state index contributed by atoms with van der Waals surface area (Å²) in [5, 5.41) is 0. The first-order chi connectivity index (χ1) is 8.38. The number of hydrogen-bond acceptors (Lipinski definition) is 4. The highest BCUT2D eigenvalue weighted by Crippen LogP contribution is 2.31. The number of rotatable bonds is 4. The molecule has 1 saturated carbocycles. The minimum absolute atomic E-state index is 0.659. The van der Waals surface area contributed by atoms with Crippen LogP contribution >= 0.6 is 11.8 Å². The molecule has 2 heterocycles. The van der Waals surface area contributed by atoms with Gasteiger partial charge in [0.2, 0.25) is 0 Å². The Morgan fingerprint density at radius 3 is 2.41 bits per heavy atom. The smallest absolute Gasteiger partial charge is 0.0255 e. The van der Waals surface area contributed by atoms with E-state index in [1.54, 1.807) is 0 Å². The predicted octanol–water partition coefficient (Wildman–Crippen LogP) is 0.847. The molecule has 3 aliphatic rings. The number of nitrogens with two attached hydrogens (primary N) is 1. The van der Waals surface area contributed by atoms with Gasteiger partial charge < -0.3 is 5.73 Å². The Morgan fingerprint density at radius 1 is 1.12 bits per heavy atom. The Hall–Kier alpha value is 0.230. The molecule has 17 heavy (non-hydrogen) atoms. The number of thioether (sulfide) groups is 1. The topological polar surface area (TPSA) is 32.5 Å². The lowest BCUT2D eigenvalue weighted by Gasteiger charge is -2.41. The van der Waals surface area contributed by atoms with Gasteiger partial charge in [-0.3, -0.25) is 9.80 Å². The Kier molecular flexibility index (Phi) is 3.95. The molecule has 0 bridgehead atoms. The SMILES string of the molecule is NCC(C1CCSC1)N1CCN(C2CC2)CC1. The molecule has 2 saturated heterocycles. The molecule has 3 rings (SSSR count). The Labute approximate surface area is 109 Å². The van der Waals surface area contributed by atoms with E-state index in [-0.39, 0.29) is 0 Å². The summed E-state index contributed by atoms with van der Waals surface area (Å²) in [5.74, 6) is 3.55. The van der Waals surface area contributed by atoms with E-state index in [2.05, 4.69) is 21.6 Å². The third-order valence-electron chi connectivity index (χ3n) is 4.63. The van der Waals surface area contributed by atoms with Gasteiger partial charge in [0.05, 0.1) is 0 Å². The zero-order valence-electron chi connectivity index (χ0n) is 10.7. The molecule has 0 aromatic carbocycles. The quantitative estimate of drug-likeness (QED) is 0.807. The van der Waals surface area contributed by atoms with Crippen LogP contribution in [0.2, 0.25) is 0 Å². The first-order valence-corrected chi connectivity index (χ1v) is 8.30. The lowest BCUT2D eigenvalue weighted by Crippen LogP contribution is -2.55. The van der Waals surface area contributed by atoms with Gasteiger partial charge in [-0.2, -0.15) is 11.8 Å². The molecular formula is C13H25N3S. The summed E-state index contributed by atoms with van der Waals surface area (Å²) in [5.41, 5.74) is 6.03. The van der Waals surface area contributed by atoms with E-state index < -0.39 is 0 Å². The lowest BCUT2D eigenvalue weighted by molar-refractivity contribution is 0.0738. The van der Waals surface area contributed by atoms with Crippen LogP contribution < -0.4 is 5.73 Å². The van der Waals surface area contributed by atoms with Crippen molar-refractivity contribution in [3.63, 3.8) is 0 Å². The third-order valence-corrected chi connectivity index (χ3v) is 5.82. The average molecular weight is 255 g/mol. The fourth-order valence-corrected chi connectivity index (χ4v) is 4.70. The van der Waals surface area contributed by atoms with Crippen molar-refractivity contribution in [1.82, 2.24) is 9.80 Å². The van der Waals surface area contributed by atoms with Crippen LogP contribution in [0.4, 0.5) is 0 Å². The Bertz CT molecular complexity index is 243. The largest absolute Gasteiger partial charge is 0.329 e. The van der Waals surface area contributed by atoms with Crippen LogP contribution in [0.15, 0.2) is 0 Å². The van der Waals surface area contributed by atoms with E-state index in [0.717, 1.165) is 18.5 Å². The van der Waals surface area contributed by atoms with Crippen LogP contribution in [0, 0.1) is 5.92 Å². The van der Waals surface area contributed by atoms with Crippen molar-refractivity contribution >= 4 is 11.8 Å². The molecule has 0 spiro atoms. The van der Waals surface area contributed by atoms with E-state index in [0.29, 0.717) is 6.04 Å². The molecule has 1 aliphatic carbocycles. The molecule has 2 atom stereocenters. The van der Waals surface area contributed by atoms with Gasteiger partial charge in [0, 0.05) is 44.8 Å². The second-order valence-electron chi connectivity index (χ2n) is 5.73. The second-order valence-corrected chi connectivity index (χ2v) is 6.88. The van der Waals surface area contributed by atoms with Gasteiger partial charge in [0.25, 0.3) is 0 Å². The fourth-order valence-electron chi connectivity index (χ4n) is 3.37. The monoisotopic (exact) mass is 255 g/mol. The lowest BCUT2D eigenvalue weighted by atomic mass is 9.97. The zero-order chi connectivity index (χ0) is 11.7. The van der Waals surface area contributed by atoms with Gasteiger partial charge >= 0.3 is 0 Å². The van der Waals surface area contributed by atoms with Gasteiger partial charge in [0.15, 0.2) is 0 Å². The van der Waals surface area contributed by atoms with E-state index in [4.69, 9.17) is 5.73 Å². The molecular weight excluding hydrogens is 230 g/mol. The highest BCUT2D eigenvalue weighted by atomic mass is 32.2. The molecule has 0 radical (unpaired) electrons. The summed E-state index contributed by atoms with van der Waals surface area (Å²) < 4.78 is 0. The van der Waals surface area contributed by atoms with E-state index in [1.165, 1.54) is 56.9 Å². The minimum Gasteiger partial charge on any atom is -0.329 e. The molecule has 2 N–H and O–H groups in total. The molecule has 2 unspecified atom stereocenters. The molecule has 0 aromatic rings. The highest BCUT2D eigenvalue weighted by Gasteiger charge is 2.35. The summed E-state index contributed by atoms with van der Waals surface area (Å²) in [6.45, 7) is 5.91. The van der Waals surface area contributed by atoms with Crippen LogP contribution in [0.5, 0.6) is 0 Å². The predicted molar refractivity (Wildman–Crippen MR) is 74.4 cm³/mol. The summed E-state index contributed by atoms with van der Waals surface area (Å²) in [7, 11) is 0. The van der Waals surface area contributed by atoms with Gasteiger partial charge in [-0.1, -0.05) is 0 Å². The zero-order valence-corrected chi connectivity index (χ0v) is 11.5. The minimum atomic E-state index is 0.659. The van der Waals surface area contributed by atoms with Crippen molar-refractivity contribution in [3.05, 3.63) is 0 Å². The van der Waals surface area contributed by atoms with Gasteiger partial charge in [-0.05, 0) is 36.7 Å². The summed E-state index contributed by atoms with van der Waals surface area (Å²) in [4.78, 5) is 5.36. The van der Waals surface area contributed by atoms with Crippen molar-refractivity contribution in [3.8, 4) is 0 Å². The third kappa shape index (κ3) is 2.80. The molecule has 2 aliphatic heterocycles. The van der Waals surface area contributed by atoms with E-state index >= 15 is 0 Å². The number of hydrogen-bond donors (Lipinski definition) is 1.